The molecular formula is C13H17ClN2O3. The first-order chi connectivity index (χ1) is 9.06. The van der Waals surface area contributed by atoms with Gasteiger partial charge < -0.3 is 14.8 Å². The van der Waals surface area contributed by atoms with E-state index in [1.54, 1.807) is 13.2 Å². The normalized spacial score (nSPS) is 22.5. The van der Waals surface area contributed by atoms with Gasteiger partial charge in [0.25, 0.3) is 5.91 Å². The minimum Gasteiger partial charge on any atom is -0.378 e. The summed E-state index contributed by atoms with van der Waals surface area (Å²) in [6.45, 7) is 3.36. The van der Waals surface area contributed by atoms with Crippen molar-refractivity contribution in [2.75, 3.05) is 26.9 Å². The summed E-state index contributed by atoms with van der Waals surface area (Å²) in [6, 6.07) is 1.67. The monoisotopic (exact) mass is 284 g/mol. The molecule has 0 radical (unpaired) electrons. The second-order valence-corrected chi connectivity index (χ2v) is 5.09. The fraction of sp³-hybridized carbons (Fsp3) is 0.538. The molecule has 104 valence electrons. The van der Waals surface area contributed by atoms with Gasteiger partial charge in [-0.3, -0.25) is 9.78 Å². The zero-order chi connectivity index (χ0) is 13.9. The first-order valence-corrected chi connectivity index (χ1v) is 6.47. The number of hydrogen-bond acceptors (Lipinski definition) is 4. The van der Waals surface area contributed by atoms with Crippen LogP contribution >= 0.6 is 11.6 Å². The van der Waals surface area contributed by atoms with Crippen LogP contribution in [0.2, 0.25) is 5.02 Å². The standard InChI is InChI=1S/C13H17ClN2O3/c1-9-5-11(14)10(6-15-9)12(17)16-7-13(18-2)3-4-19-8-13/h5-6H,3-4,7-8H2,1-2H3,(H,16,17). The van der Waals surface area contributed by atoms with E-state index < -0.39 is 5.60 Å². The predicted octanol–water partition coefficient (Wildman–Crippen LogP) is 1.58. The molecule has 1 aliphatic heterocycles. The number of ether oxygens (including phenoxy) is 2. The summed E-state index contributed by atoms with van der Waals surface area (Å²) in [6.07, 6.45) is 2.25. The maximum Gasteiger partial charge on any atom is 0.254 e. The van der Waals surface area contributed by atoms with E-state index in [0.29, 0.717) is 30.3 Å². The zero-order valence-corrected chi connectivity index (χ0v) is 11.8. The number of amides is 1. The van der Waals surface area contributed by atoms with Gasteiger partial charge in [-0.1, -0.05) is 11.6 Å². The minimum absolute atomic E-state index is 0.249. The molecule has 1 amide bonds. The number of aryl methyl sites for hydroxylation is 1. The summed E-state index contributed by atoms with van der Waals surface area (Å²) in [5.41, 5.74) is 0.719. The van der Waals surface area contributed by atoms with Crippen LogP contribution in [0.15, 0.2) is 12.3 Å². The molecular weight excluding hydrogens is 268 g/mol. The molecule has 0 bridgehead atoms. The summed E-state index contributed by atoms with van der Waals surface area (Å²) < 4.78 is 10.8. The van der Waals surface area contributed by atoms with Gasteiger partial charge in [0.1, 0.15) is 5.60 Å². The lowest BCUT2D eigenvalue weighted by atomic mass is 10.0. The van der Waals surface area contributed by atoms with Crippen LogP contribution < -0.4 is 5.32 Å². The van der Waals surface area contributed by atoms with Crippen LogP contribution in [-0.4, -0.2) is 43.4 Å². The molecule has 6 heteroatoms. The lowest BCUT2D eigenvalue weighted by Gasteiger charge is -2.25. The summed E-state index contributed by atoms with van der Waals surface area (Å²) in [5, 5.41) is 3.23. The smallest absolute Gasteiger partial charge is 0.254 e. The summed E-state index contributed by atoms with van der Waals surface area (Å²) in [5.74, 6) is -0.249. The number of nitrogens with zero attached hydrogens (tertiary/aromatic N) is 1. The third-order valence-corrected chi connectivity index (χ3v) is 3.62. The first-order valence-electron chi connectivity index (χ1n) is 6.09. The predicted molar refractivity (Wildman–Crippen MR) is 71.5 cm³/mol. The van der Waals surface area contributed by atoms with Crippen molar-refractivity contribution in [3.05, 3.63) is 28.5 Å². The number of halogens is 1. The Labute approximate surface area is 117 Å². The Balaban J connectivity index is 2.01. The number of pyridine rings is 1. The van der Waals surface area contributed by atoms with E-state index in [9.17, 15) is 4.79 Å². The highest BCUT2D eigenvalue weighted by atomic mass is 35.5. The molecule has 0 saturated carbocycles. The molecule has 1 aromatic heterocycles. The SMILES string of the molecule is COC1(CNC(=O)c2cnc(C)cc2Cl)CCOC1. The maximum atomic E-state index is 12.1. The number of hydrogen-bond donors (Lipinski definition) is 1. The van der Waals surface area contributed by atoms with E-state index in [2.05, 4.69) is 10.3 Å². The molecule has 2 heterocycles. The van der Waals surface area contributed by atoms with Crippen LogP contribution in [0.3, 0.4) is 0 Å². The van der Waals surface area contributed by atoms with Crippen molar-refractivity contribution in [3.63, 3.8) is 0 Å². The van der Waals surface area contributed by atoms with Crippen LogP contribution in [0.5, 0.6) is 0 Å². The summed E-state index contributed by atoms with van der Waals surface area (Å²) in [7, 11) is 1.63. The Morgan fingerprint density at radius 1 is 1.68 bits per heavy atom. The van der Waals surface area contributed by atoms with Gasteiger partial charge in [-0.25, -0.2) is 0 Å². The number of carbonyl (C=O) groups excluding carboxylic acids is 1. The largest absolute Gasteiger partial charge is 0.378 e. The molecule has 0 aliphatic carbocycles. The van der Waals surface area contributed by atoms with Gasteiger partial charge in [-0.2, -0.15) is 0 Å². The Bertz CT molecular complexity index is 473. The molecule has 19 heavy (non-hydrogen) atoms. The fourth-order valence-corrected chi connectivity index (χ4v) is 2.28. The minimum atomic E-state index is -0.430. The average Bonchev–Trinajstić information content (AvgIpc) is 2.85. The molecule has 1 atom stereocenters. The molecule has 1 fully saturated rings. The van der Waals surface area contributed by atoms with Gasteiger partial charge in [-0.15, -0.1) is 0 Å². The van der Waals surface area contributed by atoms with Gasteiger partial charge in [0.15, 0.2) is 0 Å². The zero-order valence-electron chi connectivity index (χ0n) is 11.0. The van der Waals surface area contributed by atoms with E-state index in [1.807, 2.05) is 6.92 Å². The van der Waals surface area contributed by atoms with E-state index in [0.717, 1.165) is 12.1 Å². The van der Waals surface area contributed by atoms with Gasteiger partial charge in [0.2, 0.25) is 0 Å². The number of carbonyl (C=O) groups is 1. The van der Waals surface area contributed by atoms with E-state index >= 15 is 0 Å². The van der Waals surface area contributed by atoms with Gasteiger partial charge in [0, 0.05) is 38.6 Å². The third kappa shape index (κ3) is 3.23. The Morgan fingerprint density at radius 3 is 3.05 bits per heavy atom. The lowest BCUT2D eigenvalue weighted by molar-refractivity contribution is -0.0148. The maximum absolute atomic E-state index is 12.1. The number of aromatic nitrogens is 1. The Hall–Kier alpha value is -1.17. The second-order valence-electron chi connectivity index (χ2n) is 4.68. The van der Waals surface area contributed by atoms with Gasteiger partial charge >= 0.3 is 0 Å². The van der Waals surface area contributed by atoms with Crippen molar-refractivity contribution in [2.24, 2.45) is 0 Å². The molecule has 1 unspecified atom stereocenters. The first kappa shape index (κ1) is 14.2. The van der Waals surface area contributed by atoms with E-state index in [-0.39, 0.29) is 5.91 Å². The highest BCUT2D eigenvalue weighted by Gasteiger charge is 2.35. The van der Waals surface area contributed by atoms with Crippen molar-refractivity contribution in [2.45, 2.75) is 18.9 Å². The summed E-state index contributed by atoms with van der Waals surface area (Å²) in [4.78, 5) is 16.1. The van der Waals surface area contributed by atoms with Crippen molar-refractivity contribution in [3.8, 4) is 0 Å². The molecule has 2 rings (SSSR count). The van der Waals surface area contributed by atoms with Crippen LogP contribution in [-0.2, 0) is 9.47 Å². The van der Waals surface area contributed by atoms with E-state index in [4.69, 9.17) is 21.1 Å². The van der Waals surface area contributed by atoms with Crippen LogP contribution in [0.25, 0.3) is 0 Å². The Morgan fingerprint density at radius 2 is 2.47 bits per heavy atom. The number of rotatable bonds is 4. The number of methoxy groups -OCH3 is 1. The highest BCUT2D eigenvalue weighted by molar-refractivity contribution is 6.33. The molecule has 1 aromatic rings. The molecule has 1 aliphatic rings. The average molecular weight is 285 g/mol. The second kappa shape index (κ2) is 5.86. The Kier molecular flexibility index (Phi) is 4.39. The van der Waals surface area contributed by atoms with Crippen molar-refractivity contribution < 1.29 is 14.3 Å². The molecule has 1 saturated heterocycles. The molecule has 0 spiro atoms. The topological polar surface area (TPSA) is 60.5 Å². The van der Waals surface area contributed by atoms with Crippen LogP contribution in [0.4, 0.5) is 0 Å². The molecule has 0 aromatic carbocycles. The number of nitrogens with one attached hydrogen (secondary N) is 1. The fourth-order valence-electron chi connectivity index (χ4n) is 1.99. The van der Waals surface area contributed by atoms with Crippen molar-refractivity contribution in [1.29, 1.82) is 0 Å². The third-order valence-electron chi connectivity index (χ3n) is 3.31. The van der Waals surface area contributed by atoms with Crippen molar-refractivity contribution in [1.82, 2.24) is 10.3 Å². The van der Waals surface area contributed by atoms with Crippen molar-refractivity contribution >= 4 is 17.5 Å². The quantitative estimate of drug-likeness (QED) is 0.912. The molecule has 1 N–H and O–H groups in total. The highest BCUT2D eigenvalue weighted by Crippen LogP contribution is 2.22. The molecule has 5 nitrogen and oxygen atoms in total. The van der Waals surface area contributed by atoms with Gasteiger partial charge in [0.05, 0.1) is 17.2 Å². The van der Waals surface area contributed by atoms with Crippen LogP contribution in [0.1, 0.15) is 22.5 Å². The van der Waals surface area contributed by atoms with E-state index in [1.165, 1.54) is 6.20 Å². The lowest BCUT2D eigenvalue weighted by Crippen LogP contribution is -2.45. The van der Waals surface area contributed by atoms with Crippen LogP contribution in [0, 0.1) is 6.92 Å². The summed E-state index contributed by atoms with van der Waals surface area (Å²) >= 11 is 6.03. The van der Waals surface area contributed by atoms with Gasteiger partial charge in [-0.05, 0) is 13.0 Å².